The van der Waals surface area contributed by atoms with Crippen molar-refractivity contribution in [3.05, 3.63) is 52.6 Å². The van der Waals surface area contributed by atoms with Crippen LogP contribution in [0.2, 0.25) is 0 Å². The topological polar surface area (TPSA) is 54.9 Å². The number of nitrogens with zero attached hydrogens (tertiary/aromatic N) is 3. The molecule has 0 radical (unpaired) electrons. The molecule has 0 bridgehead atoms. The minimum atomic E-state index is 0.00357. The average molecular weight is 454 g/mol. The van der Waals surface area contributed by atoms with E-state index in [0.717, 1.165) is 82.6 Å². The number of carbonyl (C=O) groups excluding carboxylic acids is 1. The molecule has 32 heavy (non-hydrogen) atoms. The van der Waals surface area contributed by atoms with Crippen LogP contribution in [0.3, 0.4) is 0 Å². The van der Waals surface area contributed by atoms with Gasteiger partial charge in [-0.2, -0.15) is 0 Å². The molecule has 0 atom stereocenters. The summed E-state index contributed by atoms with van der Waals surface area (Å²) in [6.07, 6.45) is 0.878. The van der Waals surface area contributed by atoms with E-state index in [1.807, 2.05) is 49.1 Å². The Morgan fingerprint density at radius 3 is 2.66 bits per heavy atom. The molecule has 0 aliphatic carbocycles. The first kappa shape index (κ1) is 22.7. The Morgan fingerprint density at radius 1 is 1.16 bits per heavy atom. The molecule has 0 N–H and O–H groups in total. The first-order valence-corrected chi connectivity index (χ1v) is 11.9. The summed E-state index contributed by atoms with van der Waals surface area (Å²) in [5, 5.41) is 0.723. The molecule has 1 saturated heterocycles. The number of aryl methyl sites for hydroxylation is 3. The van der Waals surface area contributed by atoms with Crippen LogP contribution >= 0.6 is 11.3 Å². The molecule has 0 spiro atoms. The summed E-state index contributed by atoms with van der Waals surface area (Å²) >= 11 is 1.56. The van der Waals surface area contributed by atoms with Crippen LogP contribution in [0.4, 0.5) is 5.13 Å². The number of carbonyl (C=O) groups is 1. The lowest BCUT2D eigenvalue weighted by molar-refractivity contribution is 0.0376. The molecular weight excluding hydrogens is 422 g/mol. The van der Waals surface area contributed by atoms with Crippen molar-refractivity contribution in [2.45, 2.75) is 27.2 Å². The minimum absolute atomic E-state index is 0.00357. The molecule has 1 aliphatic rings. The second-order valence-electron chi connectivity index (χ2n) is 8.34. The van der Waals surface area contributed by atoms with Crippen LogP contribution < -0.4 is 9.64 Å². The Balaban J connectivity index is 1.66. The number of hydrogen-bond donors (Lipinski definition) is 0. The van der Waals surface area contributed by atoms with Gasteiger partial charge in [0, 0.05) is 31.7 Å². The number of ether oxygens (including phenoxy) is 2. The van der Waals surface area contributed by atoms with Crippen molar-refractivity contribution in [1.29, 1.82) is 0 Å². The Kier molecular flexibility index (Phi) is 7.08. The Hall–Kier alpha value is -2.48. The lowest BCUT2D eigenvalue weighted by Crippen LogP contribution is -2.39. The Labute approximate surface area is 193 Å². The fraction of sp³-hybridized carbons (Fsp3) is 0.440. The monoisotopic (exact) mass is 453 g/mol. The minimum Gasteiger partial charge on any atom is -0.494 e. The van der Waals surface area contributed by atoms with Gasteiger partial charge >= 0.3 is 0 Å². The number of hydrogen-bond acceptors (Lipinski definition) is 6. The van der Waals surface area contributed by atoms with Crippen LogP contribution in [-0.4, -0.2) is 62.3 Å². The van der Waals surface area contributed by atoms with Gasteiger partial charge in [-0.3, -0.25) is 14.6 Å². The fourth-order valence-electron chi connectivity index (χ4n) is 4.05. The van der Waals surface area contributed by atoms with Gasteiger partial charge in [-0.25, -0.2) is 4.98 Å². The van der Waals surface area contributed by atoms with Gasteiger partial charge in [-0.15, -0.1) is 0 Å². The summed E-state index contributed by atoms with van der Waals surface area (Å²) < 4.78 is 12.1. The third kappa shape index (κ3) is 4.80. The van der Waals surface area contributed by atoms with Crippen LogP contribution in [0.15, 0.2) is 30.3 Å². The standard InChI is InChI=1S/C25H31N3O3S/c1-17-6-7-18(2)20(16-17)24(29)28(11-5-10-27-12-14-31-15-13-27)25-26-22-21(30-4)9-8-19(3)23(22)32-25/h6-9,16H,5,10-15H2,1-4H3. The van der Waals surface area contributed by atoms with E-state index in [4.69, 9.17) is 14.5 Å². The molecule has 0 unspecified atom stereocenters. The highest BCUT2D eigenvalue weighted by Gasteiger charge is 2.24. The zero-order valence-corrected chi connectivity index (χ0v) is 20.1. The third-order valence-electron chi connectivity index (χ3n) is 5.97. The van der Waals surface area contributed by atoms with E-state index in [1.54, 1.807) is 18.4 Å². The van der Waals surface area contributed by atoms with E-state index in [1.165, 1.54) is 0 Å². The van der Waals surface area contributed by atoms with Gasteiger partial charge in [0.2, 0.25) is 0 Å². The maximum absolute atomic E-state index is 13.7. The highest BCUT2D eigenvalue weighted by atomic mass is 32.1. The van der Waals surface area contributed by atoms with Crippen molar-refractivity contribution in [1.82, 2.24) is 9.88 Å². The van der Waals surface area contributed by atoms with E-state index in [2.05, 4.69) is 11.8 Å². The van der Waals surface area contributed by atoms with E-state index >= 15 is 0 Å². The molecule has 3 aromatic rings. The molecule has 170 valence electrons. The Bertz CT molecular complexity index is 1110. The molecule has 4 rings (SSSR count). The van der Waals surface area contributed by atoms with Crippen molar-refractivity contribution in [3.8, 4) is 5.75 Å². The summed E-state index contributed by atoms with van der Waals surface area (Å²) in [5.74, 6) is 0.740. The average Bonchev–Trinajstić information content (AvgIpc) is 3.25. The molecule has 2 aromatic carbocycles. The third-order valence-corrected chi connectivity index (χ3v) is 7.19. The molecule has 6 nitrogen and oxygen atoms in total. The second-order valence-corrected chi connectivity index (χ2v) is 9.32. The number of fused-ring (bicyclic) bond motifs is 1. The van der Waals surface area contributed by atoms with Crippen LogP contribution in [0.1, 0.15) is 33.5 Å². The normalized spacial score (nSPS) is 14.6. The fourth-order valence-corrected chi connectivity index (χ4v) is 5.13. The summed E-state index contributed by atoms with van der Waals surface area (Å²) in [7, 11) is 1.66. The predicted octanol–water partition coefficient (Wildman–Crippen LogP) is 4.60. The van der Waals surface area contributed by atoms with Crippen molar-refractivity contribution in [2.24, 2.45) is 0 Å². The maximum Gasteiger partial charge on any atom is 0.260 e. The van der Waals surface area contributed by atoms with Crippen molar-refractivity contribution >= 4 is 32.6 Å². The molecule has 7 heteroatoms. The molecule has 0 saturated carbocycles. The van der Waals surface area contributed by atoms with Crippen LogP contribution in [-0.2, 0) is 4.74 Å². The summed E-state index contributed by atoms with van der Waals surface area (Å²) in [6.45, 7) is 11.1. The van der Waals surface area contributed by atoms with E-state index < -0.39 is 0 Å². The summed E-state index contributed by atoms with van der Waals surface area (Å²) in [4.78, 5) is 22.9. The van der Waals surface area contributed by atoms with E-state index in [0.29, 0.717) is 6.54 Å². The number of amides is 1. The van der Waals surface area contributed by atoms with Gasteiger partial charge in [-0.05, 0) is 50.5 Å². The zero-order valence-electron chi connectivity index (χ0n) is 19.3. The SMILES string of the molecule is COc1ccc(C)c2sc(N(CCCN3CCOCC3)C(=O)c3cc(C)ccc3C)nc12. The van der Waals surface area contributed by atoms with Gasteiger partial charge < -0.3 is 9.47 Å². The predicted molar refractivity (Wildman–Crippen MR) is 130 cm³/mol. The van der Waals surface area contributed by atoms with Crippen molar-refractivity contribution in [3.63, 3.8) is 0 Å². The molecular formula is C25H31N3O3S. The first-order chi connectivity index (χ1) is 15.5. The number of morpholine rings is 1. The van der Waals surface area contributed by atoms with Crippen molar-refractivity contribution in [2.75, 3.05) is 51.4 Å². The number of anilines is 1. The number of rotatable bonds is 7. The van der Waals surface area contributed by atoms with Crippen molar-refractivity contribution < 1.29 is 14.3 Å². The number of methoxy groups -OCH3 is 1. The molecule has 1 aliphatic heterocycles. The number of benzene rings is 2. The van der Waals surface area contributed by atoms with E-state index in [9.17, 15) is 4.79 Å². The second kappa shape index (κ2) is 9.98. The van der Waals surface area contributed by atoms with Gasteiger partial charge in [0.15, 0.2) is 5.13 Å². The Morgan fingerprint density at radius 2 is 1.91 bits per heavy atom. The van der Waals surface area contributed by atoms with Crippen LogP contribution in [0.5, 0.6) is 5.75 Å². The largest absolute Gasteiger partial charge is 0.494 e. The zero-order chi connectivity index (χ0) is 22.7. The summed E-state index contributed by atoms with van der Waals surface area (Å²) in [6, 6.07) is 10.0. The highest BCUT2D eigenvalue weighted by molar-refractivity contribution is 7.22. The van der Waals surface area contributed by atoms with Gasteiger partial charge in [-0.1, -0.05) is 35.1 Å². The molecule has 2 heterocycles. The molecule has 1 aromatic heterocycles. The quantitative estimate of drug-likeness (QED) is 0.523. The maximum atomic E-state index is 13.7. The molecule has 1 amide bonds. The van der Waals surface area contributed by atoms with Gasteiger partial charge in [0.1, 0.15) is 11.3 Å². The smallest absolute Gasteiger partial charge is 0.260 e. The van der Waals surface area contributed by atoms with Crippen LogP contribution in [0, 0.1) is 20.8 Å². The van der Waals surface area contributed by atoms with Gasteiger partial charge in [0.25, 0.3) is 5.91 Å². The lowest BCUT2D eigenvalue weighted by atomic mass is 10.0. The van der Waals surface area contributed by atoms with Crippen LogP contribution in [0.25, 0.3) is 10.2 Å². The number of aromatic nitrogens is 1. The molecule has 1 fully saturated rings. The van der Waals surface area contributed by atoms with E-state index in [-0.39, 0.29) is 5.91 Å². The number of thiazole rings is 1. The van der Waals surface area contributed by atoms with Gasteiger partial charge in [0.05, 0.1) is 25.0 Å². The first-order valence-electron chi connectivity index (χ1n) is 11.1. The summed E-state index contributed by atoms with van der Waals surface area (Å²) in [5.41, 5.74) is 4.75. The highest BCUT2D eigenvalue weighted by Crippen LogP contribution is 2.37. The lowest BCUT2D eigenvalue weighted by Gasteiger charge is -2.28.